The number of amides is 1. The van der Waals surface area contributed by atoms with E-state index in [-0.39, 0.29) is 17.9 Å². The molecule has 1 aromatic rings. The van der Waals surface area contributed by atoms with Gasteiger partial charge < -0.3 is 15.1 Å². The van der Waals surface area contributed by atoms with Crippen LogP contribution in [0.5, 0.6) is 0 Å². The smallest absolute Gasteiger partial charge is 0.223 e. The predicted molar refractivity (Wildman–Crippen MR) is 94.7 cm³/mol. The third-order valence-corrected chi connectivity index (χ3v) is 5.35. The number of piperidine rings is 1. The number of hydrogen-bond donors (Lipinski definition) is 1. The van der Waals surface area contributed by atoms with Gasteiger partial charge in [-0.05, 0) is 51.9 Å². The van der Waals surface area contributed by atoms with Crippen molar-refractivity contribution in [2.75, 3.05) is 32.1 Å². The van der Waals surface area contributed by atoms with Gasteiger partial charge in [-0.25, -0.2) is 0 Å². The zero-order chi connectivity index (χ0) is 17.1. The number of rotatable bonds is 4. The molecule has 2 aliphatic rings. The average Bonchev–Trinajstić information content (AvgIpc) is 2.53. The fraction of sp³-hybridized carbons (Fsp3) is 0.579. The molecule has 1 heterocycles. The lowest BCUT2D eigenvalue weighted by Crippen LogP contribution is -2.53. The maximum absolute atomic E-state index is 12.4. The van der Waals surface area contributed by atoms with Crippen LogP contribution in [-0.4, -0.2) is 50.1 Å². The number of para-hydroxylation sites is 1. The Balaban J connectivity index is 1.56. The molecule has 1 aliphatic heterocycles. The van der Waals surface area contributed by atoms with Crippen molar-refractivity contribution in [3.05, 3.63) is 29.8 Å². The van der Waals surface area contributed by atoms with Gasteiger partial charge in [0.15, 0.2) is 0 Å². The molecule has 0 bridgehead atoms. The predicted octanol–water partition coefficient (Wildman–Crippen LogP) is 1.98. The summed E-state index contributed by atoms with van der Waals surface area (Å²) in [5, 5.41) is 12.5. The molecule has 5 nitrogen and oxygen atoms in total. The second-order valence-corrected chi connectivity index (χ2v) is 7.21. The van der Waals surface area contributed by atoms with E-state index >= 15 is 0 Å². The number of hydrogen-bond acceptors (Lipinski definition) is 4. The number of carbonyl (C=O) groups is 1. The quantitative estimate of drug-likeness (QED) is 0.919. The lowest BCUT2D eigenvalue weighted by Gasteiger charge is -2.40. The van der Waals surface area contributed by atoms with Crippen LogP contribution in [0.2, 0.25) is 0 Å². The Morgan fingerprint density at radius 1 is 1.33 bits per heavy atom. The SMILES string of the molecule is CN(C)C1CC(C(=O)NC2CCCN(c3ccccc3C#N)C2)C1. The van der Waals surface area contributed by atoms with Crippen molar-refractivity contribution in [1.29, 1.82) is 5.26 Å². The van der Waals surface area contributed by atoms with E-state index in [1.807, 2.05) is 24.3 Å². The van der Waals surface area contributed by atoms with E-state index in [4.69, 9.17) is 0 Å². The zero-order valence-electron chi connectivity index (χ0n) is 14.5. The minimum Gasteiger partial charge on any atom is -0.368 e. The monoisotopic (exact) mass is 326 g/mol. The molecule has 0 radical (unpaired) electrons. The van der Waals surface area contributed by atoms with Crippen molar-refractivity contribution in [2.45, 2.75) is 37.8 Å². The molecule has 3 rings (SSSR count). The minimum atomic E-state index is 0.166. The summed E-state index contributed by atoms with van der Waals surface area (Å²) in [7, 11) is 4.15. The highest BCUT2D eigenvalue weighted by atomic mass is 16.2. The van der Waals surface area contributed by atoms with Crippen LogP contribution in [-0.2, 0) is 4.79 Å². The van der Waals surface area contributed by atoms with Gasteiger partial charge in [0.1, 0.15) is 6.07 Å². The second-order valence-electron chi connectivity index (χ2n) is 7.21. The van der Waals surface area contributed by atoms with Crippen LogP contribution in [0, 0.1) is 17.2 Å². The summed E-state index contributed by atoms with van der Waals surface area (Å²) in [6, 6.07) is 10.7. The molecular formula is C19H26N4O. The minimum absolute atomic E-state index is 0.166. The largest absolute Gasteiger partial charge is 0.368 e. The summed E-state index contributed by atoms with van der Waals surface area (Å²) >= 11 is 0. The van der Waals surface area contributed by atoms with E-state index in [1.54, 1.807) is 0 Å². The second kappa shape index (κ2) is 7.23. The molecule has 1 amide bonds. The zero-order valence-corrected chi connectivity index (χ0v) is 14.5. The van der Waals surface area contributed by atoms with Gasteiger partial charge in [-0.2, -0.15) is 5.26 Å². The van der Waals surface area contributed by atoms with Crippen LogP contribution >= 0.6 is 0 Å². The Morgan fingerprint density at radius 2 is 2.08 bits per heavy atom. The highest BCUT2D eigenvalue weighted by Crippen LogP contribution is 2.31. The van der Waals surface area contributed by atoms with Crippen molar-refractivity contribution in [2.24, 2.45) is 5.92 Å². The molecule has 1 saturated heterocycles. The van der Waals surface area contributed by atoms with Crippen LogP contribution in [0.3, 0.4) is 0 Å². The molecule has 1 unspecified atom stereocenters. The lowest BCUT2D eigenvalue weighted by atomic mass is 9.79. The van der Waals surface area contributed by atoms with Crippen molar-refractivity contribution in [3.63, 3.8) is 0 Å². The van der Waals surface area contributed by atoms with Crippen molar-refractivity contribution in [1.82, 2.24) is 10.2 Å². The molecular weight excluding hydrogens is 300 g/mol. The molecule has 5 heteroatoms. The summed E-state index contributed by atoms with van der Waals surface area (Å²) in [5.41, 5.74) is 1.69. The van der Waals surface area contributed by atoms with Gasteiger partial charge in [0.2, 0.25) is 5.91 Å². The number of carbonyl (C=O) groups excluding carboxylic acids is 1. The highest BCUT2D eigenvalue weighted by Gasteiger charge is 2.36. The van der Waals surface area contributed by atoms with Crippen molar-refractivity contribution in [3.8, 4) is 6.07 Å². The van der Waals surface area contributed by atoms with E-state index in [9.17, 15) is 10.1 Å². The third kappa shape index (κ3) is 3.54. The number of nitrogens with zero attached hydrogens (tertiary/aromatic N) is 3. The van der Waals surface area contributed by atoms with E-state index in [1.165, 1.54) is 0 Å². The number of anilines is 1. The summed E-state index contributed by atoms with van der Waals surface area (Å²) in [4.78, 5) is 16.9. The summed E-state index contributed by atoms with van der Waals surface area (Å²) in [5.74, 6) is 0.368. The Bertz CT molecular complexity index is 630. The Labute approximate surface area is 144 Å². The standard InChI is InChI=1S/C19H26N4O/c1-22(2)17-10-15(11-17)19(24)21-16-7-5-9-23(13-16)18-8-4-3-6-14(18)12-20/h3-4,6,8,15-17H,5,7,9-11,13H2,1-2H3,(H,21,24). The molecule has 1 aromatic carbocycles. The maximum atomic E-state index is 12.4. The van der Waals surface area contributed by atoms with Crippen molar-refractivity contribution < 1.29 is 4.79 Å². The Kier molecular flexibility index (Phi) is 5.06. The molecule has 1 saturated carbocycles. The average molecular weight is 326 g/mol. The van der Waals surface area contributed by atoms with Crippen LogP contribution in [0.15, 0.2) is 24.3 Å². The molecule has 1 N–H and O–H groups in total. The maximum Gasteiger partial charge on any atom is 0.223 e. The first-order chi connectivity index (χ1) is 11.6. The van der Waals surface area contributed by atoms with Crippen LogP contribution in [0.1, 0.15) is 31.2 Å². The Hall–Kier alpha value is -2.06. The molecule has 2 fully saturated rings. The molecule has 0 spiro atoms. The van der Waals surface area contributed by atoms with E-state index in [0.29, 0.717) is 11.6 Å². The van der Waals surface area contributed by atoms with E-state index < -0.39 is 0 Å². The number of nitriles is 1. The normalized spacial score (nSPS) is 26.6. The topological polar surface area (TPSA) is 59.4 Å². The first kappa shape index (κ1) is 16.8. The van der Waals surface area contributed by atoms with Crippen molar-refractivity contribution >= 4 is 11.6 Å². The fourth-order valence-electron chi connectivity index (χ4n) is 3.70. The highest BCUT2D eigenvalue weighted by molar-refractivity contribution is 5.80. The summed E-state index contributed by atoms with van der Waals surface area (Å²) in [6.45, 7) is 1.73. The van der Waals surface area contributed by atoms with Crippen LogP contribution in [0.25, 0.3) is 0 Å². The van der Waals surface area contributed by atoms with Gasteiger partial charge in [0.05, 0.1) is 11.3 Å². The molecule has 0 aromatic heterocycles. The Morgan fingerprint density at radius 3 is 2.79 bits per heavy atom. The van der Waals surface area contributed by atoms with E-state index in [0.717, 1.165) is 44.5 Å². The van der Waals surface area contributed by atoms with Gasteiger partial charge >= 0.3 is 0 Å². The fourth-order valence-corrected chi connectivity index (χ4v) is 3.70. The summed E-state index contributed by atoms with van der Waals surface area (Å²) in [6.07, 6.45) is 3.98. The lowest BCUT2D eigenvalue weighted by molar-refractivity contribution is -0.130. The van der Waals surface area contributed by atoms with Gasteiger partial charge in [-0.3, -0.25) is 4.79 Å². The number of nitrogens with one attached hydrogen (secondary N) is 1. The molecule has 128 valence electrons. The van der Waals surface area contributed by atoms with Gasteiger partial charge in [0, 0.05) is 31.1 Å². The molecule has 24 heavy (non-hydrogen) atoms. The molecule has 1 aliphatic carbocycles. The molecule has 1 atom stereocenters. The van der Waals surface area contributed by atoms with Crippen LogP contribution < -0.4 is 10.2 Å². The first-order valence-electron chi connectivity index (χ1n) is 8.79. The third-order valence-electron chi connectivity index (χ3n) is 5.35. The van der Waals surface area contributed by atoms with E-state index in [2.05, 4.69) is 35.3 Å². The van der Waals surface area contributed by atoms with Gasteiger partial charge in [0.25, 0.3) is 0 Å². The van der Waals surface area contributed by atoms with Gasteiger partial charge in [-0.1, -0.05) is 12.1 Å². The van der Waals surface area contributed by atoms with Gasteiger partial charge in [-0.15, -0.1) is 0 Å². The number of benzene rings is 1. The summed E-state index contributed by atoms with van der Waals surface area (Å²) < 4.78 is 0. The van der Waals surface area contributed by atoms with Crippen LogP contribution in [0.4, 0.5) is 5.69 Å². The first-order valence-corrected chi connectivity index (χ1v) is 8.79.